The van der Waals surface area contributed by atoms with Crippen LogP contribution in [0.15, 0.2) is 51.7 Å². The summed E-state index contributed by atoms with van der Waals surface area (Å²) in [6.07, 6.45) is 0. The molecule has 0 N–H and O–H groups in total. The first-order valence-electron chi connectivity index (χ1n) is 6.27. The molecule has 4 nitrogen and oxygen atoms in total. The molecule has 0 radical (unpaired) electrons. The number of nitrogens with zero attached hydrogens (tertiary/aromatic N) is 2. The number of oxazole rings is 1. The first kappa shape index (κ1) is 12.2. The molecule has 0 saturated heterocycles. The molecular weight excluding hydrogens is 252 g/mol. The summed E-state index contributed by atoms with van der Waals surface area (Å²) in [4.78, 5) is 12.0. The van der Waals surface area contributed by atoms with Crippen LogP contribution in [0, 0.1) is 18.3 Å². The Hall–Kier alpha value is -2.80. The number of hydrogen-bond acceptors (Lipinski definition) is 3. The standard InChI is InChI=1S/C16H12N2O2/c1-11-6-7-14-15(8-11)20-16(19)18(14)10-13-5-3-2-4-12(13)9-17/h2-8H,10H2,1H3. The van der Waals surface area contributed by atoms with Gasteiger partial charge in [0.2, 0.25) is 0 Å². The molecule has 1 heterocycles. The Morgan fingerprint density at radius 1 is 1.25 bits per heavy atom. The second kappa shape index (κ2) is 4.71. The van der Waals surface area contributed by atoms with Crippen molar-refractivity contribution in [1.82, 2.24) is 4.57 Å². The molecule has 1 aromatic heterocycles. The van der Waals surface area contributed by atoms with Crippen LogP contribution in [0.4, 0.5) is 0 Å². The predicted molar refractivity (Wildman–Crippen MR) is 75.5 cm³/mol. The normalized spacial score (nSPS) is 10.6. The fourth-order valence-electron chi connectivity index (χ4n) is 2.26. The molecule has 0 saturated carbocycles. The minimum Gasteiger partial charge on any atom is -0.408 e. The lowest BCUT2D eigenvalue weighted by Gasteiger charge is -2.04. The molecule has 0 bridgehead atoms. The van der Waals surface area contributed by atoms with E-state index in [1.54, 1.807) is 10.6 Å². The molecule has 0 spiro atoms. The molecule has 0 atom stereocenters. The summed E-state index contributed by atoms with van der Waals surface area (Å²) in [5.41, 5.74) is 3.73. The molecular formula is C16H12N2O2. The van der Waals surface area contributed by atoms with E-state index in [9.17, 15) is 4.79 Å². The van der Waals surface area contributed by atoms with Crippen molar-refractivity contribution in [2.24, 2.45) is 0 Å². The second-order valence-corrected chi connectivity index (χ2v) is 4.69. The average molecular weight is 264 g/mol. The van der Waals surface area contributed by atoms with Crippen LogP contribution < -0.4 is 5.76 Å². The van der Waals surface area contributed by atoms with Crippen LogP contribution in [-0.4, -0.2) is 4.57 Å². The zero-order valence-electron chi connectivity index (χ0n) is 11.0. The smallest absolute Gasteiger partial charge is 0.408 e. The van der Waals surface area contributed by atoms with Crippen molar-refractivity contribution in [2.75, 3.05) is 0 Å². The summed E-state index contributed by atoms with van der Waals surface area (Å²) >= 11 is 0. The zero-order chi connectivity index (χ0) is 14.1. The molecule has 0 unspecified atom stereocenters. The molecule has 0 amide bonds. The Kier molecular flexibility index (Phi) is 2.88. The summed E-state index contributed by atoms with van der Waals surface area (Å²) in [7, 11) is 0. The average Bonchev–Trinajstić information content (AvgIpc) is 2.75. The third kappa shape index (κ3) is 1.99. The number of aryl methyl sites for hydroxylation is 1. The van der Waals surface area contributed by atoms with E-state index in [0.29, 0.717) is 17.7 Å². The van der Waals surface area contributed by atoms with Crippen LogP contribution >= 0.6 is 0 Å². The van der Waals surface area contributed by atoms with E-state index in [1.807, 2.05) is 43.3 Å². The zero-order valence-corrected chi connectivity index (χ0v) is 11.0. The van der Waals surface area contributed by atoms with Gasteiger partial charge in [-0.15, -0.1) is 0 Å². The van der Waals surface area contributed by atoms with E-state index in [1.165, 1.54) is 0 Å². The highest BCUT2D eigenvalue weighted by Gasteiger charge is 2.11. The molecule has 98 valence electrons. The Balaban J connectivity index is 2.14. The Morgan fingerprint density at radius 3 is 2.85 bits per heavy atom. The number of nitriles is 1. The van der Waals surface area contributed by atoms with Gasteiger partial charge in [0.05, 0.1) is 23.7 Å². The quantitative estimate of drug-likeness (QED) is 0.715. The van der Waals surface area contributed by atoms with Crippen LogP contribution in [0.1, 0.15) is 16.7 Å². The van der Waals surface area contributed by atoms with Gasteiger partial charge in [-0.3, -0.25) is 4.57 Å². The van der Waals surface area contributed by atoms with Crippen LogP contribution in [-0.2, 0) is 6.54 Å². The maximum absolute atomic E-state index is 12.0. The first-order chi connectivity index (χ1) is 9.69. The Bertz CT molecular complexity index is 881. The monoisotopic (exact) mass is 264 g/mol. The lowest BCUT2D eigenvalue weighted by atomic mass is 10.1. The Morgan fingerprint density at radius 2 is 2.05 bits per heavy atom. The van der Waals surface area contributed by atoms with Crippen LogP contribution in [0.2, 0.25) is 0 Å². The number of rotatable bonds is 2. The van der Waals surface area contributed by atoms with Crippen molar-refractivity contribution < 1.29 is 4.42 Å². The lowest BCUT2D eigenvalue weighted by molar-refractivity contribution is 0.517. The minimum absolute atomic E-state index is 0.332. The highest BCUT2D eigenvalue weighted by molar-refractivity contribution is 5.73. The lowest BCUT2D eigenvalue weighted by Crippen LogP contribution is -2.15. The van der Waals surface area contributed by atoms with Gasteiger partial charge in [-0.2, -0.15) is 5.26 Å². The highest BCUT2D eigenvalue weighted by Crippen LogP contribution is 2.17. The molecule has 4 heteroatoms. The van der Waals surface area contributed by atoms with Gasteiger partial charge >= 0.3 is 5.76 Å². The molecule has 2 aromatic carbocycles. The number of hydrogen-bond donors (Lipinski definition) is 0. The van der Waals surface area contributed by atoms with Crippen molar-refractivity contribution in [3.63, 3.8) is 0 Å². The van der Waals surface area contributed by atoms with Crippen LogP contribution in [0.25, 0.3) is 11.1 Å². The molecule has 0 aliphatic carbocycles. The van der Waals surface area contributed by atoms with Gasteiger partial charge in [-0.1, -0.05) is 24.3 Å². The predicted octanol–water partition coefficient (Wildman–Crippen LogP) is 2.82. The molecule has 0 aliphatic rings. The minimum atomic E-state index is -0.404. The van der Waals surface area contributed by atoms with Crippen molar-refractivity contribution in [3.8, 4) is 6.07 Å². The van der Waals surface area contributed by atoms with E-state index >= 15 is 0 Å². The van der Waals surface area contributed by atoms with E-state index < -0.39 is 5.76 Å². The van der Waals surface area contributed by atoms with Gasteiger partial charge in [0.15, 0.2) is 5.58 Å². The van der Waals surface area contributed by atoms with Gasteiger partial charge in [0.1, 0.15) is 0 Å². The maximum Gasteiger partial charge on any atom is 0.420 e. The van der Waals surface area contributed by atoms with Crippen molar-refractivity contribution in [3.05, 3.63) is 69.7 Å². The van der Waals surface area contributed by atoms with E-state index in [4.69, 9.17) is 9.68 Å². The van der Waals surface area contributed by atoms with E-state index in [2.05, 4.69) is 6.07 Å². The SMILES string of the molecule is Cc1ccc2c(c1)oc(=O)n2Cc1ccccc1C#N. The topological polar surface area (TPSA) is 58.9 Å². The third-order valence-corrected chi connectivity index (χ3v) is 3.29. The number of fused-ring (bicyclic) bond motifs is 1. The summed E-state index contributed by atoms with van der Waals surface area (Å²) in [6, 6.07) is 15.0. The van der Waals surface area contributed by atoms with Crippen molar-refractivity contribution in [2.45, 2.75) is 13.5 Å². The molecule has 3 rings (SSSR count). The molecule has 20 heavy (non-hydrogen) atoms. The third-order valence-electron chi connectivity index (χ3n) is 3.29. The Labute approximate surface area is 115 Å². The van der Waals surface area contributed by atoms with Crippen molar-refractivity contribution >= 4 is 11.1 Å². The largest absolute Gasteiger partial charge is 0.420 e. The van der Waals surface area contributed by atoms with Gasteiger partial charge < -0.3 is 4.42 Å². The van der Waals surface area contributed by atoms with E-state index in [0.717, 1.165) is 16.6 Å². The second-order valence-electron chi connectivity index (χ2n) is 4.69. The van der Waals surface area contributed by atoms with Gasteiger partial charge in [-0.05, 0) is 36.2 Å². The first-order valence-corrected chi connectivity index (χ1v) is 6.27. The summed E-state index contributed by atoms with van der Waals surface area (Å²) in [5, 5.41) is 9.11. The van der Waals surface area contributed by atoms with Gasteiger partial charge in [-0.25, -0.2) is 4.79 Å². The van der Waals surface area contributed by atoms with E-state index in [-0.39, 0.29) is 0 Å². The maximum atomic E-state index is 12.0. The fourth-order valence-corrected chi connectivity index (χ4v) is 2.26. The fraction of sp³-hybridized carbons (Fsp3) is 0.125. The summed E-state index contributed by atoms with van der Waals surface area (Å²) in [5.74, 6) is -0.404. The molecule has 0 aliphatic heterocycles. The van der Waals surface area contributed by atoms with Crippen LogP contribution in [0.3, 0.4) is 0 Å². The van der Waals surface area contributed by atoms with Crippen LogP contribution in [0.5, 0.6) is 0 Å². The number of benzene rings is 2. The number of aromatic nitrogens is 1. The van der Waals surface area contributed by atoms with Crippen molar-refractivity contribution in [1.29, 1.82) is 5.26 Å². The molecule has 0 fully saturated rings. The summed E-state index contributed by atoms with van der Waals surface area (Å²) in [6.45, 7) is 2.28. The highest BCUT2D eigenvalue weighted by atomic mass is 16.4. The summed E-state index contributed by atoms with van der Waals surface area (Å²) < 4.78 is 6.80. The molecule has 3 aromatic rings. The van der Waals surface area contributed by atoms with Gasteiger partial charge in [0, 0.05) is 0 Å². The van der Waals surface area contributed by atoms with Gasteiger partial charge in [0.25, 0.3) is 0 Å².